The van der Waals surface area contributed by atoms with Gasteiger partial charge in [-0.05, 0) is 27.7 Å². The van der Waals surface area contributed by atoms with E-state index in [1.54, 1.807) is 0 Å². The number of ether oxygens (including phenoxy) is 4. The van der Waals surface area contributed by atoms with Gasteiger partial charge in [0, 0.05) is 12.5 Å². The molecule has 1 unspecified atom stereocenters. The minimum Gasteiger partial charge on any atom is -0.375 e. The van der Waals surface area contributed by atoms with Gasteiger partial charge in [-0.15, -0.1) is 0 Å². The van der Waals surface area contributed by atoms with Crippen LogP contribution in [0.3, 0.4) is 0 Å². The van der Waals surface area contributed by atoms with Crippen molar-refractivity contribution in [1.29, 1.82) is 0 Å². The zero-order valence-corrected chi connectivity index (χ0v) is 17.1. The number of hydrogen-bond donors (Lipinski definition) is 2. The summed E-state index contributed by atoms with van der Waals surface area (Å²) in [5.74, 6) is -2.61. The highest BCUT2D eigenvalue weighted by Gasteiger charge is 2.65. The van der Waals surface area contributed by atoms with Crippen LogP contribution in [-0.2, 0) is 38.6 Å². The van der Waals surface area contributed by atoms with E-state index < -0.39 is 59.9 Å². The molecule has 0 spiro atoms. The number of hydrogen-bond acceptors (Lipinski definition) is 10. The molecule has 0 saturated carbocycles. The molecule has 2 saturated heterocycles. The van der Waals surface area contributed by atoms with Crippen LogP contribution in [0.15, 0.2) is 0 Å². The summed E-state index contributed by atoms with van der Waals surface area (Å²) < 4.78 is 70.5. The van der Waals surface area contributed by atoms with Crippen molar-refractivity contribution < 1.29 is 46.0 Å². The molecule has 154 valence electrons. The second kappa shape index (κ2) is 6.34. The van der Waals surface area contributed by atoms with Crippen LogP contribution >= 0.6 is 0 Å². The molecule has 2 rings (SSSR count). The Labute approximate surface area is 153 Å². The molecule has 0 aromatic heterocycles. The summed E-state index contributed by atoms with van der Waals surface area (Å²) in [6.07, 6.45) is -3.25. The highest BCUT2D eigenvalue weighted by molar-refractivity contribution is 7.92. The standard InChI is InChI=1S/C14H26O10S2/c1-12(2)21-7-8(22-12)14(16,26(6,19)20)10-9(11(15)25(5,17)18)23-13(3,4)24-10/h8-11,15-16H,7H2,1-6H3/t8-,9+,10-,11?,14+/m1/s1. The quantitative estimate of drug-likeness (QED) is 0.555. The van der Waals surface area contributed by atoms with Crippen LogP contribution in [0.4, 0.5) is 0 Å². The molecule has 0 aromatic rings. The summed E-state index contributed by atoms with van der Waals surface area (Å²) in [5, 5.41) is 21.4. The van der Waals surface area contributed by atoms with Crippen molar-refractivity contribution in [2.24, 2.45) is 0 Å². The Bertz CT molecular complexity index is 757. The zero-order chi connectivity index (χ0) is 20.3. The average Bonchev–Trinajstić information content (AvgIpc) is 2.94. The van der Waals surface area contributed by atoms with Gasteiger partial charge in [-0.2, -0.15) is 0 Å². The van der Waals surface area contributed by atoms with Crippen molar-refractivity contribution in [3.05, 3.63) is 0 Å². The van der Waals surface area contributed by atoms with Crippen LogP contribution in [0, 0.1) is 0 Å². The van der Waals surface area contributed by atoms with Gasteiger partial charge in [-0.3, -0.25) is 0 Å². The lowest BCUT2D eigenvalue weighted by Gasteiger charge is -2.38. The van der Waals surface area contributed by atoms with Crippen molar-refractivity contribution in [3.8, 4) is 0 Å². The molecule has 2 aliphatic rings. The fourth-order valence-electron chi connectivity index (χ4n) is 3.09. The zero-order valence-electron chi connectivity index (χ0n) is 15.5. The lowest BCUT2D eigenvalue weighted by Crippen LogP contribution is -2.63. The Morgan fingerprint density at radius 2 is 1.54 bits per heavy atom. The lowest BCUT2D eigenvalue weighted by molar-refractivity contribution is -0.189. The Kier molecular flexibility index (Phi) is 5.35. The molecule has 0 bridgehead atoms. The van der Waals surface area contributed by atoms with Gasteiger partial charge >= 0.3 is 0 Å². The molecule has 5 atom stereocenters. The molecule has 2 aliphatic heterocycles. The first-order valence-corrected chi connectivity index (χ1v) is 11.7. The summed E-state index contributed by atoms with van der Waals surface area (Å²) in [6.45, 7) is 5.61. The van der Waals surface area contributed by atoms with Gasteiger partial charge in [0.1, 0.15) is 18.3 Å². The lowest BCUT2D eigenvalue weighted by atomic mass is 10.0. The highest BCUT2D eigenvalue weighted by Crippen LogP contribution is 2.43. The Morgan fingerprint density at radius 1 is 1.00 bits per heavy atom. The van der Waals surface area contributed by atoms with Crippen LogP contribution in [-0.4, -0.2) is 86.4 Å². The predicted octanol–water partition coefficient (Wildman–Crippen LogP) is -1.25. The van der Waals surface area contributed by atoms with Gasteiger partial charge in [0.2, 0.25) is 4.93 Å². The van der Waals surface area contributed by atoms with Gasteiger partial charge < -0.3 is 29.2 Å². The summed E-state index contributed by atoms with van der Waals surface area (Å²) in [5.41, 5.74) is -2.11. The van der Waals surface area contributed by atoms with Crippen LogP contribution in [0.1, 0.15) is 27.7 Å². The van der Waals surface area contributed by atoms with E-state index in [1.165, 1.54) is 27.7 Å². The van der Waals surface area contributed by atoms with E-state index in [0.29, 0.717) is 0 Å². The minimum absolute atomic E-state index is 0.279. The third-order valence-electron chi connectivity index (χ3n) is 4.32. The van der Waals surface area contributed by atoms with Crippen LogP contribution in [0.25, 0.3) is 0 Å². The summed E-state index contributed by atoms with van der Waals surface area (Å²) in [7, 11) is -8.35. The monoisotopic (exact) mass is 418 g/mol. The van der Waals surface area contributed by atoms with Crippen molar-refractivity contribution in [2.45, 2.75) is 68.0 Å². The van der Waals surface area contributed by atoms with Gasteiger partial charge in [0.25, 0.3) is 0 Å². The van der Waals surface area contributed by atoms with Crippen LogP contribution in [0.5, 0.6) is 0 Å². The van der Waals surface area contributed by atoms with E-state index in [-0.39, 0.29) is 6.61 Å². The van der Waals surface area contributed by atoms with Crippen molar-refractivity contribution >= 4 is 19.7 Å². The van der Waals surface area contributed by atoms with E-state index in [2.05, 4.69) is 0 Å². The molecule has 10 nitrogen and oxygen atoms in total. The Balaban J connectivity index is 2.56. The molecular weight excluding hydrogens is 392 g/mol. The Morgan fingerprint density at radius 3 is 1.92 bits per heavy atom. The maximum atomic E-state index is 12.5. The average molecular weight is 418 g/mol. The fourth-order valence-corrected chi connectivity index (χ4v) is 4.97. The topological polar surface area (TPSA) is 146 Å². The first-order chi connectivity index (χ1) is 11.4. The molecule has 26 heavy (non-hydrogen) atoms. The van der Waals surface area contributed by atoms with E-state index in [4.69, 9.17) is 18.9 Å². The molecule has 2 N–H and O–H groups in total. The van der Waals surface area contributed by atoms with Crippen molar-refractivity contribution in [1.82, 2.24) is 0 Å². The highest BCUT2D eigenvalue weighted by atomic mass is 32.2. The van der Waals surface area contributed by atoms with Gasteiger partial charge in [-0.25, -0.2) is 16.8 Å². The van der Waals surface area contributed by atoms with E-state index in [0.717, 1.165) is 12.5 Å². The third kappa shape index (κ3) is 3.92. The minimum atomic E-state index is -4.30. The van der Waals surface area contributed by atoms with Crippen LogP contribution in [0.2, 0.25) is 0 Å². The second-order valence-electron chi connectivity index (χ2n) is 7.58. The first-order valence-electron chi connectivity index (χ1n) is 7.87. The molecule has 0 aliphatic carbocycles. The number of rotatable bonds is 5. The van der Waals surface area contributed by atoms with Gasteiger partial charge in [0.15, 0.2) is 36.7 Å². The predicted molar refractivity (Wildman–Crippen MR) is 89.4 cm³/mol. The maximum Gasteiger partial charge on any atom is 0.223 e. The summed E-state index contributed by atoms with van der Waals surface area (Å²) in [6, 6.07) is 0. The Hall–Kier alpha value is -0.340. The van der Waals surface area contributed by atoms with Crippen molar-refractivity contribution in [2.75, 3.05) is 19.1 Å². The molecule has 2 heterocycles. The molecule has 2 fully saturated rings. The second-order valence-corrected chi connectivity index (χ2v) is 11.9. The van der Waals surface area contributed by atoms with E-state index in [9.17, 15) is 27.0 Å². The van der Waals surface area contributed by atoms with Gasteiger partial charge in [-0.1, -0.05) is 0 Å². The normalized spacial score (nSPS) is 35.2. The SMILES string of the molecule is CC1(C)O[C@H](C(O)S(C)(=O)=O)[C@H]([C@](O)([C@H]2COC(C)(C)O2)S(C)(=O)=O)O1. The smallest absolute Gasteiger partial charge is 0.223 e. The number of aliphatic hydroxyl groups excluding tert-OH is 1. The number of sulfone groups is 2. The molecule has 0 radical (unpaired) electrons. The van der Waals surface area contributed by atoms with Gasteiger partial charge in [0.05, 0.1) is 6.61 Å². The molecule has 0 aromatic carbocycles. The largest absolute Gasteiger partial charge is 0.375 e. The third-order valence-corrected chi connectivity index (χ3v) is 7.15. The molecule has 0 amide bonds. The summed E-state index contributed by atoms with van der Waals surface area (Å²) in [4.78, 5) is -2.72. The first kappa shape index (κ1) is 22.0. The molecule has 12 heteroatoms. The summed E-state index contributed by atoms with van der Waals surface area (Å²) >= 11 is 0. The van der Waals surface area contributed by atoms with Crippen LogP contribution < -0.4 is 0 Å². The van der Waals surface area contributed by atoms with E-state index in [1.807, 2.05) is 0 Å². The van der Waals surface area contributed by atoms with Crippen molar-refractivity contribution in [3.63, 3.8) is 0 Å². The fraction of sp³-hybridized carbons (Fsp3) is 1.00. The molecular formula is C14H26O10S2. The number of aliphatic hydroxyl groups is 2. The maximum absolute atomic E-state index is 12.5. The van der Waals surface area contributed by atoms with E-state index >= 15 is 0 Å².